The van der Waals surface area contributed by atoms with Crippen LogP contribution in [0.15, 0.2) is 30.3 Å². The van der Waals surface area contributed by atoms with Gasteiger partial charge in [0.25, 0.3) is 0 Å². The van der Waals surface area contributed by atoms with Crippen molar-refractivity contribution in [1.82, 2.24) is 16.0 Å². The first-order valence-corrected chi connectivity index (χ1v) is 10.3. The van der Waals surface area contributed by atoms with Gasteiger partial charge in [0.05, 0.1) is 12.1 Å². The van der Waals surface area contributed by atoms with Gasteiger partial charge in [-0.25, -0.2) is 4.79 Å². The van der Waals surface area contributed by atoms with Crippen LogP contribution in [0.25, 0.3) is 0 Å². The number of benzene rings is 1. The topological polar surface area (TPSA) is 214 Å². The van der Waals surface area contributed by atoms with Crippen molar-refractivity contribution >= 4 is 29.6 Å². The SMILES string of the molecule is CC(NC(=O)C(N)Cc1ccccc1)C(=O)NC(C(=O)NC(CCC(N)=O)C(=O)O)C(C)O. The average Bonchev–Trinajstić information content (AvgIpc) is 2.74. The first-order valence-electron chi connectivity index (χ1n) is 10.3. The Kier molecular flexibility index (Phi) is 11.0. The van der Waals surface area contributed by atoms with Crippen LogP contribution in [-0.4, -0.2) is 70.1 Å². The van der Waals surface area contributed by atoms with Gasteiger partial charge in [-0.3, -0.25) is 19.2 Å². The molecule has 9 N–H and O–H groups in total. The summed E-state index contributed by atoms with van der Waals surface area (Å²) in [6, 6.07) is 4.08. The summed E-state index contributed by atoms with van der Waals surface area (Å²) in [5.41, 5.74) is 11.7. The summed E-state index contributed by atoms with van der Waals surface area (Å²) in [5.74, 6) is -4.51. The van der Waals surface area contributed by atoms with Crippen molar-refractivity contribution in [2.75, 3.05) is 0 Å². The molecular weight excluding hydrogens is 434 g/mol. The minimum atomic E-state index is -1.51. The van der Waals surface area contributed by atoms with Gasteiger partial charge < -0.3 is 37.6 Å². The summed E-state index contributed by atoms with van der Waals surface area (Å²) in [6.07, 6.45) is -1.68. The van der Waals surface area contributed by atoms with E-state index in [4.69, 9.17) is 11.5 Å². The Labute approximate surface area is 191 Å². The van der Waals surface area contributed by atoms with Gasteiger partial charge in [0.1, 0.15) is 18.1 Å². The molecule has 0 aromatic heterocycles. The fourth-order valence-corrected chi connectivity index (χ4v) is 2.84. The summed E-state index contributed by atoms with van der Waals surface area (Å²) in [4.78, 5) is 59.5. The van der Waals surface area contributed by atoms with Crippen molar-refractivity contribution in [3.8, 4) is 0 Å². The minimum Gasteiger partial charge on any atom is -0.480 e. The highest BCUT2D eigenvalue weighted by Gasteiger charge is 2.31. The fourth-order valence-electron chi connectivity index (χ4n) is 2.84. The van der Waals surface area contributed by atoms with E-state index >= 15 is 0 Å². The molecule has 4 amide bonds. The molecule has 0 saturated heterocycles. The number of nitrogens with two attached hydrogens (primary N) is 2. The molecule has 1 aromatic carbocycles. The number of amides is 4. The molecule has 12 nitrogen and oxygen atoms in total. The van der Waals surface area contributed by atoms with Gasteiger partial charge in [0.15, 0.2) is 0 Å². The lowest BCUT2D eigenvalue weighted by molar-refractivity contribution is -0.143. The molecule has 0 bridgehead atoms. The van der Waals surface area contributed by atoms with E-state index in [0.29, 0.717) is 0 Å². The van der Waals surface area contributed by atoms with Crippen molar-refractivity contribution in [3.63, 3.8) is 0 Å². The van der Waals surface area contributed by atoms with Crippen molar-refractivity contribution in [2.24, 2.45) is 11.5 Å². The summed E-state index contributed by atoms with van der Waals surface area (Å²) < 4.78 is 0. The number of carboxylic acid groups (broad SMARTS) is 1. The average molecular weight is 466 g/mol. The lowest BCUT2D eigenvalue weighted by Gasteiger charge is -2.25. The maximum atomic E-state index is 12.5. The zero-order chi connectivity index (χ0) is 25.1. The molecule has 0 fully saturated rings. The molecule has 0 spiro atoms. The van der Waals surface area contributed by atoms with E-state index in [1.165, 1.54) is 13.8 Å². The molecule has 0 aliphatic heterocycles. The molecular formula is C21H31N5O7. The predicted octanol–water partition coefficient (Wildman–Crippen LogP) is -2.24. The highest BCUT2D eigenvalue weighted by molar-refractivity contribution is 5.94. The standard InChI is InChI=1S/C21H31N5O7/c1-11(24-19(30)14(22)10-13-6-4-3-5-7-13)18(29)26-17(12(2)27)20(31)25-15(21(32)33)8-9-16(23)28/h3-7,11-12,14-15,17,27H,8-10,22H2,1-2H3,(H2,23,28)(H,24,30)(H,25,31)(H,26,29)(H,32,33). The molecule has 33 heavy (non-hydrogen) atoms. The molecule has 5 unspecified atom stereocenters. The maximum Gasteiger partial charge on any atom is 0.326 e. The Bertz CT molecular complexity index is 847. The fraction of sp³-hybridized carbons (Fsp3) is 0.476. The zero-order valence-corrected chi connectivity index (χ0v) is 18.5. The largest absolute Gasteiger partial charge is 0.480 e. The molecule has 1 rings (SSSR count). The van der Waals surface area contributed by atoms with Gasteiger partial charge in [0.2, 0.25) is 23.6 Å². The number of rotatable bonds is 13. The van der Waals surface area contributed by atoms with E-state index in [1.807, 2.05) is 18.2 Å². The van der Waals surface area contributed by atoms with Crippen LogP contribution in [0, 0.1) is 0 Å². The van der Waals surface area contributed by atoms with Crippen LogP contribution in [-0.2, 0) is 30.4 Å². The van der Waals surface area contributed by atoms with E-state index in [0.717, 1.165) is 5.56 Å². The Hall–Kier alpha value is -3.51. The molecule has 0 saturated carbocycles. The van der Waals surface area contributed by atoms with Crippen LogP contribution in [0.4, 0.5) is 0 Å². The van der Waals surface area contributed by atoms with Crippen LogP contribution in [0.1, 0.15) is 32.3 Å². The number of hydrogen-bond donors (Lipinski definition) is 7. The Morgan fingerprint density at radius 3 is 2.06 bits per heavy atom. The molecule has 182 valence electrons. The van der Waals surface area contributed by atoms with E-state index in [9.17, 15) is 34.2 Å². The number of aliphatic carboxylic acids is 1. The number of aliphatic hydroxyl groups is 1. The van der Waals surface area contributed by atoms with Gasteiger partial charge in [-0.15, -0.1) is 0 Å². The van der Waals surface area contributed by atoms with Crippen molar-refractivity contribution < 1.29 is 34.2 Å². The van der Waals surface area contributed by atoms with Gasteiger partial charge in [-0.05, 0) is 32.3 Å². The van der Waals surface area contributed by atoms with Crippen LogP contribution in [0.3, 0.4) is 0 Å². The van der Waals surface area contributed by atoms with Crippen molar-refractivity contribution in [2.45, 2.75) is 63.4 Å². The second kappa shape index (κ2) is 13.1. The number of carboxylic acids is 1. The molecule has 0 aliphatic rings. The molecule has 0 aliphatic carbocycles. The first kappa shape index (κ1) is 27.5. The van der Waals surface area contributed by atoms with Crippen LogP contribution >= 0.6 is 0 Å². The predicted molar refractivity (Wildman–Crippen MR) is 117 cm³/mol. The van der Waals surface area contributed by atoms with Gasteiger partial charge in [0, 0.05) is 6.42 Å². The smallest absolute Gasteiger partial charge is 0.326 e. The monoisotopic (exact) mass is 465 g/mol. The molecule has 5 atom stereocenters. The van der Waals surface area contributed by atoms with Gasteiger partial charge in [-0.2, -0.15) is 0 Å². The number of carbonyl (C=O) groups is 5. The number of primary amides is 1. The lowest BCUT2D eigenvalue weighted by atomic mass is 10.1. The molecule has 12 heteroatoms. The lowest BCUT2D eigenvalue weighted by Crippen LogP contribution is -2.59. The van der Waals surface area contributed by atoms with Crippen molar-refractivity contribution in [1.29, 1.82) is 0 Å². The number of hydrogen-bond acceptors (Lipinski definition) is 7. The maximum absolute atomic E-state index is 12.5. The third-order valence-electron chi connectivity index (χ3n) is 4.74. The van der Waals surface area contributed by atoms with E-state index in [-0.39, 0.29) is 19.3 Å². The third-order valence-corrected chi connectivity index (χ3v) is 4.74. The second-order valence-electron chi connectivity index (χ2n) is 7.66. The Balaban J connectivity index is 2.70. The molecule has 1 aromatic rings. The second-order valence-corrected chi connectivity index (χ2v) is 7.66. The number of nitrogens with one attached hydrogen (secondary N) is 3. The Morgan fingerprint density at radius 1 is 0.939 bits per heavy atom. The highest BCUT2D eigenvalue weighted by Crippen LogP contribution is 2.03. The summed E-state index contributed by atoms with van der Waals surface area (Å²) >= 11 is 0. The summed E-state index contributed by atoms with van der Waals surface area (Å²) in [6.45, 7) is 2.59. The van der Waals surface area contributed by atoms with Crippen molar-refractivity contribution in [3.05, 3.63) is 35.9 Å². The molecule has 0 heterocycles. The van der Waals surface area contributed by atoms with Gasteiger partial charge in [-0.1, -0.05) is 30.3 Å². The van der Waals surface area contributed by atoms with E-state index in [1.54, 1.807) is 12.1 Å². The van der Waals surface area contributed by atoms with Gasteiger partial charge >= 0.3 is 5.97 Å². The number of carbonyl (C=O) groups excluding carboxylic acids is 4. The summed E-state index contributed by atoms with van der Waals surface area (Å²) in [7, 11) is 0. The van der Waals surface area contributed by atoms with Crippen LogP contribution in [0.2, 0.25) is 0 Å². The normalized spacial score (nSPS) is 15.3. The van der Waals surface area contributed by atoms with Crippen LogP contribution < -0.4 is 27.4 Å². The summed E-state index contributed by atoms with van der Waals surface area (Å²) in [5, 5.41) is 26.0. The van der Waals surface area contributed by atoms with E-state index < -0.39 is 59.9 Å². The number of aliphatic hydroxyl groups excluding tert-OH is 1. The first-order chi connectivity index (χ1) is 15.4. The molecule has 0 radical (unpaired) electrons. The third kappa shape index (κ3) is 9.66. The minimum absolute atomic E-state index is 0.252. The zero-order valence-electron chi connectivity index (χ0n) is 18.5. The Morgan fingerprint density at radius 2 is 1.55 bits per heavy atom. The highest BCUT2D eigenvalue weighted by atomic mass is 16.4. The van der Waals surface area contributed by atoms with Crippen LogP contribution in [0.5, 0.6) is 0 Å². The quantitative estimate of drug-likeness (QED) is 0.169. The van der Waals surface area contributed by atoms with E-state index in [2.05, 4.69) is 16.0 Å².